The molecule has 1 rings (SSSR count). The average Bonchev–Trinajstić information content (AvgIpc) is 2.28. The van der Waals surface area contributed by atoms with Gasteiger partial charge >= 0.3 is 0 Å². The van der Waals surface area contributed by atoms with Gasteiger partial charge in [0.15, 0.2) is 0 Å². The number of nitrogens with one attached hydrogen (secondary N) is 1. The van der Waals surface area contributed by atoms with Gasteiger partial charge in [0.05, 0.1) is 0 Å². The number of hydrogen-bond donors (Lipinski definition) is 1. The Morgan fingerprint density at radius 3 is 2.35 bits per heavy atom. The van der Waals surface area contributed by atoms with E-state index in [9.17, 15) is 0 Å². The molecule has 0 bridgehead atoms. The SMILES string of the molecule is CCCC(C)CNc1ccc(CN(C)C)cc1. The second-order valence-electron chi connectivity index (χ2n) is 5.21. The molecule has 1 atom stereocenters. The van der Waals surface area contributed by atoms with Crippen LogP contribution in [-0.4, -0.2) is 25.5 Å². The molecule has 0 aliphatic carbocycles. The molecule has 0 heterocycles. The molecular weight excluding hydrogens is 208 g/mol. The first-order valence-electron chi connectivity index (χ1n) is 6.59. The van der Waals surface area contributed by atoms with E-state index in [-0.39, 0.29) is 0 Å². The van der Waals surface area contributed by atoms with Crippen LogP contribution in [0.25, 0.3) is 0 Å². The Bertz CT molecular complexity index is 303. The summed E-state index contributed by atoms with van der Waals surface area (Å²) in [5.41, 5.74) is 2.60. The normalized spacial score (nSPS) is 12.8. The maximum absolute atomic E-state index is 3.50. The van der Waals surface area contributed by atoms with Crippen molar-refractivity contribution in [3.8, 4) is 0 Å². The molecule has 0 aromatic heterocycles. The zero-order chi connectivity index (χ0) is 12.7. The molecule has 0 aliphatic rings. The molecule has 1 unspecified atom stereocenters. The fraction of sp³-hybridized carbons (Fsp3) is 0.600. The molecule has 1 aromatic carbocycles. The molecule has 0 fully saturated rings. The Labute approximate surface area is 106 Å². The zero-order valence-corrected chi connectivity index (χ0v) is 11.7. The van der Waals surface area contributed by atoms with Crippen molar-refractivity contribution < 1.29 is 0 Å². The molecule has 0 radical (unpaired) electrons. The van der Waals surface area contributed by atoms with Crippen LogP contribution in [0, 0.1) is 5.92 Å². The van der Waals surface area contributed by atoms with Gasteiger partial charge in [0.25, 0.3) is 0 Å². The monoisotopic (exact) mass is 234 g/mol. The second kappa shape index (κ2) is 7.33. The Kier molecular flexibility index (Phi) is 6.06. The van der Waals surface area contributed by atoms with E-state index in [0.29, 0.717) is 0 Å². The minimum atomic E-state index is 0.751. The lowest BCUT2D eigenvalue weighted by Gasteiger charge is -2.14. The van der Waals surface area contributed by atoms with Crippen molar-refractivity contribution in [3.05, 3.63) is 29.8 Å². The molecule has 2 heteroatoms. The molecule has 0 spiro atoms. The van der Waals surface area contributed by atoms with Crippen molar-refractivity contribution in [1.29, 1.82) is 0 Å². The van der Waals surface area contributed by atoms with Gasteiger partial charge < -0.3 is 10.2 Å². The summed E-state index contributed by atoms with van der Waals surface area (Å²) < 4.78 is 0. The van der Waals surface area contributed by atoms with Crippen molar-refractivity contribution in [2.45, 2.75) is 33.2 Å². The predicted molar refractivity (Wildman–Crippen MR) is 76.4 cm³/mol. The first kappa shape index (κ1) is 14.0. The van der Waals surface area contributed by atoms with Gasteiger partial charge in [-0.15, -0.1) is 0 Å². The van der Waals surface area contributed by atoms with Gasteiger partial charge in [0.1, 0.15) is 0 Å². The zero-order valence-electron chi connectivity index (χ0n) is 11.7. The minimum absolute atomic E-state index is 0.751. The highest BCUT2D eigenvalue weighted by Gasteiger charge is 2.00. The van der Waals surface area contributed by atoms with E-state index in [4.69, 9.17) is 0 Å². The fourth-order valence-corrected chi connectivity index (χ4v) is 1.98. The highest BCUT2D eigenvalue weighted by molar-refractivity contribution is 5.44. The van der Waals surface area contributed by atoms with E-state index in [1.54, 1.807) is 0 Å². The van der Waals surface area contributed by atoms with Crippen LogP contribution < -0.4 is 5.32 Å². The quantitative estimate of drug-likeness (QED) is 0.775. The van der Waals surface area contributed by atoms with Crippen molar-refractivity contribution in [3.63, 3.8) is 0 Å². The van der Waals surface area contributed by atoms with Gasteiger partial charge in [-0.1, -0.05) is 32.4 Å². The maximum Gasteiger partial charge on any atom is 0.0340 e. The third-order valence-corrected chi connectivity index (χ3v) is 2.89. The van der Waals surface area contributed by atoms with Crippen molar-refractivity contribution in [1.82, 2.24) is 4.90 Å². The predicted octanol–water partition coefficient (Wildman–Crippen LogP) is 3.60. The van der Waals surface area contributed by atoms with Gasteiger partial charge in [-0.2, -0.15) is 0 Å². The largest absolute Gasteiger partial charge is 0.385 e. The molecule has 17 heavy (non-hydrogen) atoms. The van der Waals surface area contributed by atoms with Gasteiger partial charge in [-0.25, -0.2) is 0 Å². The van der Waals surface area contributed by atoms with Gasteiger partial charge in [0, 0.05) is 18.8 Å². The van der Waals surface area contributed by atoms with E-state index in [2.05, 4.69) is 62.4 Å². The third-order valence-electron chi connectivity index (χ3n) is 2.89. The number of hydrogen-bond acceptors (Lipinski definition) is 2. The highest BCUT2D eigenvalue weighted by atomic mass is 15.0. The molecule has 0 aliphatic heterocycles. The number of rotatable bonds is 7. The molecule has 96 valence electrons. The van der Waals surface area contributed by atoms with Crippen molar-refractivity contribution in [2.24, 2.45) is 5.92 Å². The van der Waals surface area contributed by atoms with Crippen LogP contribution in [0.4, 0.5) is 5.69 Å². The number of nitrogens with zero attached hydrogens (tertiary/aromatic N) is 1. The topological polar surface area (TPSA) is 15.3 Å². The summed E-state index contributed by atoms with van der Waals surface area (Å²) in [6.07, 6.45) is 2.57. The van der Waals surface area contributed by atoms with Crippen LogP contribution in [-0.2, 0) is 6.54 Å². The Morgan fingerprint density at radius 1 is 1.18 bits per heavy atom. The van der Waals surface area contributed by atoms with Gasteiger partial charge in [0.2, 0.25) is 0 Å². The summed E-state index contributed by atoms with van der Waals surface area (Å²) in [6.45, 7) is 6.62. The molecule has 0 saturated carbocycles. The van der Waals surface area contributed by atoms with Crippen molar-refractivity contribution >= 4 is 5.69 Å². The molecule has 2 nitrogen and oxygen atoms in total. The first-order chi connectivity index (χ1) is 8.11. The molecular formula is C15H26N2. The van der Waals surface area contributed by atoms with E-state index in [1.807, 2.05) is 0 Å². The smallest absolute Gasteiger partial charge is 0.0340 e. The van der Waals surface area contributed by atoms with Crippen LogP contribution >= 0.6 is 0 Å². The fourth-order valence-electron chi connectivity index (χ4n) is 1.98. The summed E-state index contributed by atoms with van der Waals surface area (Å²) in [5, 5.41) is 3.50. The second-order valence-corrected chi connectivity index (χ2v) is 5.21. The summed E-state index contributed by atoms with van der Waals surface area (Å²) in [4.78, 5) is 2.19. The van der Waals surface area contributed by atoms with Gasteiger partial charge in [-0.05, 0) is 44.1 Å². The molecule has 1 N–H and O–H groups in total. The lowest BCUT2D eigenvalue weighted by Crippen LogP contribution is -2.12. The summed E-state index contributed by atoms with van der Waals surface area (Å²) >= 11 is 0. The van der Waals surface area contributed by atoms with Crippen LogP contribution in [0.1, 0.15) is 32.3 Å². The third kappa shape index (κ3) is 5.73. The van der Waals surface area contributed by atoms with Crippen molar-refractivity contribution in [2.75, 3.05) is 26.0 Å². The van der Waals surface area contributed by atoms with Crippen LogP contribution in [0.15, 0.2) is 24.3 Å². The Balaban J connectivity index is 2.40. The van der Waals surface area contributed by atoms with Crippen LogP contribution in [0.3, 0.4) is 0 Å². The molecule has 0 amide bonds. The Morgan fingerprint density at radius 2 is 1.82 bits per heavy atom. The van der Waals surface area contributed by atoms with Crippen LogP contribution in [0.5, 0.6) is 0 Å². The van der Waals surface area contributed by atoms with E-state index in [1.165, 1.54) is 24.1 Å². The standard InChI is InChI=1S/C15H26N2/c1-5-6-13(2)11-16-15-9-7-14(8-10-15)12-17(3)4/h7-10,13,16H,5-6,11-12H2,1-4H3. The number of benzene rings is 1. The van der Waals surface area contributed by atoms with Crippen LogP contribution in [0.2, 0.25) is 0 Å². The van der Waals surface area contributed by atoms with E-state index in [0.717, 1.165) is 19.0 Å². The average molecular weight is 234 g/mol. The molecule has 1 aromatic rings. The Hall–Kier alpha value is -1.02. The summed E-state index contributed by atoms with van der Waals surface area (Å²) in [7, 11) is 4.19. The van der Waals surface area contributed by atoms with E-state index >= 15 is 0 Å². The highest BCUT2D eigenvalue weighted by Crippen LogP contribution is 2.12. The van der Waals surface area contributed by atoms with E-state index < -0.39 is 0 Å². The molecule has 0 saturated heterocycles. The summed E-state index contributed by atoms with van der Waals surface area (Å²) in [6, 6.07) is 8.76. The first-order valence-corrected chi connectivity index (χ1v) is 6.59. The van der Waals surface area contributed by atoms with Gasteiger partial charge in [-0.3, -0.25) is 0 Å². The maximum atomic E-state index is 3.50. The lowest BCUT2D eigenvalue weighted by atomic mass is 10.1. The summed E-state index contributed by atoms with van der Waals surface area (Å²) in [5.74, 6) is 0.751. The lowest BCUT2D eigenvalue weighted by molar-refractivity contribution is 0.402. The minimum Gasteiger partial charge on any atom is -0.385 e. The number of anilines is 1.